The number of likely N-dealkylation sites (tertiary alicyclic amines) is 1. The molecule has 9 nitrogen and oxygen atoms in total. The summed E-state index contributed by atoms with van der Waals surface area (Å²) in [5.74, 6) is -0.207. The first-order valence-corrected chi connectivity index (χ1v) is 10.6. The first kappa shape index (κ1) is 23.2. The quantitative estimate of drug-likeness (QED) is 0.298. The number of nitrogens with zero attached hydrogens (tertiary/aromatic N) is 4. The topological polar surface area (TPSA) is 114 Å². The van der Waals surface area contributed by atoms with E-state index in [4.69, 9.17) is 4.74 Å². The van der Waals surface area contributed by atoms with Crippen molar-refractivity contribution in [1.29, 1.82) is 0 Å². The van der Waals surface area contributed by atoms with E-state index in [0.717, 1.165) is 11.8 Å². The molecule has 0 aliphatic carbocycles. The number of fused-ring (bicyclic) bond motifs is 1. The number of aryl methyl sites for hydroxylation is 1. The fourth-order valence-electron chi connectivity index (χ4n) is 3.53. The third kappa shape index (κ3) is 4.99. The number of amidine groups is 1. The van der Waals surface area contributed by atoms with Crippen LogP contribution in [0.15, 0.2) is 46.2 Å². The van der Waals surface area contributed by atoms with Crippen LogP contribution in [0.1, 0.15) is 18.3 Å². The van der Waals surface area contributed by atoms with E-state index < -0.39 is 17.7 Å². The van der Waals surface area contributed by atoms with E-state index in [1.807, 2.05) is 19.1 Å². The van der Waals surface area contributed by atoms with Gasteiger partial charge in [0.2, 0.25) is 0 Å². The van der Waals surface area contributed by atoms with Crippen molar-refractivity contribution in [2.75, 3.05) is 25.1 Å². The maximum atomic E-state index is 14.8. The highest BCUT2D eigenvalue weighted by Crippen LogP contribution is 2.29. The lowest BCUT2D eigenvalue weighted by atomic mass is 10.1. The maximum absolute atomic E-state index is 14.8. The number of H-pyrrole nitrogens is 2. The van der Waals surface area contributed by atoms with Gasteiger partial charge >= 0.3 is 0 Å². The van der Waals surface area contributed by atoms with E-state index >= 15 is 0 Å². The number of aliphatic imine (C=N–C) groups is 2. The lowest BCUT2D eigenvalue weighted by Crippen LogP contribution is -2.53. The number of aliphatic hydroxyl groups excluding tert-OH is 1. The Hall–Kier alpha value is -3.99. The number of allylic oxidation sites excluding steroid dienone is 1. The average molecular weight is 469 g/mol. The highest BCUT2D eigenvalue weighted by molar-refractivity contribution is 5.94. The minimum Gasteiger partial charge on any atom is -0.468 e. The van der Waals surface area contributed by atoms with Crippen molar-refractivity contribution in [3.8, 4) is 5.75 Å². The summed E-state index contributed by atoms with van der Waals surface area (Å²) in [6.07, 6.45) is 4.88. The molecule has 1 aliphatic rings. The summed E-state index contributed by atoms with van der Waals surface area (Å²) in [4.78, 5) is 12.9. The largest absolute Gasteiger partial charge is 0.468 e. The van der Waals surface area contributed by atoms with Gasteiger partial charge in [0.25, 0.3) is 0 Å². The molecule has 2 aromatic heterocycles. The van der Waals surface area contributed by atoms with Crippen molar-refractivity contribution < 1.29 is 18.6 Å². The number of ether oxygens (including phenoxy) is 1. The monoisotopic (exact) mass is 469 g/mol. The van der Waals surface area contributed by atoms with Crippen molar-refractivity contribution in [1.82, 2.24) is 20.1 Å². The van der Waals surface area contributed by atoms with Gasteiger partial charge in [0.15, 0.2) is 29.9 Å². The van der Waals surface area contributed by atoms with Crippen LogP contribution in [-0.2, 0) is 0 Å². The van der Waals surface area contributed by atoms with Crippen molar-refractivity contribution in [3.05, 3.63) is 59.2 Å². The van der Waals surface area contributed by atoms with Crippen molar-refractivity contribution in [2.45, 2.75) is 20.0 Å². The van der Waals surface area contributed by atoms with Gasteiger partial charge in [-0.1, -0.05) is 6.08 Å². The second-order valence-electron chi connectivity index (χ2n) is 7.78. The van der Waals surface area contributed by atoms with Crippen LogP contribution in [0.25, 0.3) is 17.0 Å². The van der Waals surface area contributed by atoms with Crippen molar-refractivity contribution >= 4 is 35.3 Å². The highest BCUT2D eigenvalue weighted by Gasteiger charge is 2.27. The van der Waals surface area contributed by atoms with Crippen LogP contribution in [0.4, 0.5) is 14.6 Å². The molecule has 1 fully saturated rings. The third-order valence-corrected chi connectivity index (χ3v) is 5.17. The first-order chi connectivity index (χ1) is 16.4. The number of benzene rings is 1. The van der Waals surface area contributed by atoms with Crippen LogP contribution >= 0.6 is 0 Å². The zero-order valence-corrected chi connectivity index (χ0v) is 18.8. The number of hydrogen-bond acceptors (Lipinski definition) is 6. The van der Waals surface area contributed by atoms with Crippen LogP contribution < -0.4 is 10.1 Å². The van der Waals surface area contributed by atoms with Gasteiger partial charge < -0.3 is 25.0 Å². The Morgan fingerprint density at radius 1 is 1.38 bits per heavy atom. The van der Waals surface area contributed by atoms with E-state index in [-0.39, 0.29) is 23.4 Å². The predicted octanol–water partition coefficient (Wildman–Crippen LogP) is 3.58. The van der Waals surface area contributed by atoms with E-state index in [2.05, 4.69) is 37.2 Å². The van der Waals surface area contributed by atoms with Crippen molar-refractivity contribution in [2.24, 2.45) is 9.98 Å². The fraction of sp³-hybridized carbons (Fsp3) is 0.261. The Bertz CT molecular complexity index is 1290. The Balaban J connectivity index is 1.53. The molecule has 178 valence electrons. The third-order valence-electron chi connectivity index (χ3n) is 5.17. The summed E-state index contributed by atoms with van der Waals surface area (Å²) < 4.78 is 34.6. The minimum atomic E-state index is -0.669. The molecule has 0 amide bonds. The standard InChI is InChI=1S/C23H25F2N7O2/c1-4-5-14-7-20(31-30-14)29-19(26-3)9-21(32-10-15(33)11-32)27-12-34-18-8-17(24)23-16(22(18)25)6-13(2)28-23/h4-9,15,28,33H,3,10-12H2,1-2H3,(H2,29,30,31)/b5-4+,19-9+,27-21+. The van der Waals surface area contributed by atoms with Crippen LogP contribution in [0, 0.1) is 18.6 Å². The Morgan fingerprint density at radius 3 is 2.88 bits per heavy atom. The van der Waals surface area contributed by atoms with E-state index in [9.17, 15) is 13.9 Å². The van der Waals surface area contributed by atoms with Gasteiger partial charge in [-0.15, -0.1) is 0 Å². The molecule has 0 atom stereocenters. The number of nitrogens with one attached hydrogen (secondary N) is 3. The first-order valence-electron chi connectivity index (χ1n) is 10.6. The number of halogens is 2. The van der Waals surface area contributed by atoms with E-state index in [1.54, 1.807) is 24.0 Å². The summed E-state index contributed by atoms with van der Waals surface area (Å²) in [6, 6.07) is 4.30. The molecule has 1 aromatic carbocycles. The summed E-state index contributed by atoms with van der Waals surface area (Å²) in [5, 5.41) is 19.9. The Kier molecular flexibility index (Phi) is 6.73. The van der Waals surface area contributed by atoms with E-state index in [1.165, 1.54) is 6.07 Å². The number of anilines is 1. The highest BCUT2D eigenvalue weighted by atomic mass is 19.1. The summed E-state index contributed by atoms with van der Waals surface area (Å²) in [5.41, 5.74) is 1.54. The summed E-state index contributed by atoms with van der Waals surface area (Å²) in [6.45, 7) is 7.64. The number of aliphatic hydroxyl groups is 1. The molecule has 1 aliphatic heterocycles. The second-order valence-corrected chi connectivity index (χ2v) is 7.78. The fourth-order valence-corrected chi connectivity index (χ4v) is 3.53. The molecule has 0 saturated carbocycles. The Labute approximate surface area is 194 Å². The molecule has 4 rings (SSSR count). The molecule has 11 heteroatoms. The molecule has 3 heterocycles. The minimum absolute atomic E-state index is 0.0905. The molecule has 0 radical (unpaired) electrons. The summed E-state index contributed by atoms with van der Waals surface area (Å²) in [7, 11) is 0. The van der Waals surface area contributed by atoms with Crippen LogP contribution in [0.5, 0.6) is 5.75 Å². The molecule has 0 spiro atoms. The molecule has 34 heavy (non-hydrogen) atoms. The van der Waals surface area contributed by atoms with Gasteiger partial charge in [0.05, 0.1) is 17.3 Å². The molecule has 4 N–H and O–H groups in total. The number of hydrogen-bond donors (Lipinski definition) is 4. The number of aromatic nitrogens is 3. The number of aromatic amines is 2. The lowest BCUT2D eigenvalue weighted by Gasteiger charge is -2.37. The van der Waals surface area contributed by atoms with Gasteiger partial charge in [0.1, 0.15) is 11.7 Å². The molecule has 3 aromatic rings. The van der Waals surface area contributed by atoms with Gasteiger partial charge in [-0.2, -0.15) is 5.10 Å². The SMILES string of the molecule is C=N/C(=C\C(=N/COc1cc(F)c2[nH]c(C)cc2c1F)N1CC(O)C1)Nc1cc(/C=C/C)[nH]n1. The van der Waals surface area contributed by atoms with Crippen LogP contribution in [0.3, 0.4) is 0 Å². The van der Waals surface area contributed by atoms with Crippen LogP contribution in [-0.4, -0.2) is 63.7 Å². The van der Waals surface area contributed by atoms with Gasteiger partial charge in [-0.05, 0) is 32.7 Å². The molecular weight excluding hydrogens is 444 g/mol. The number of rotatable bonds is 8. The summed E-state index contributed by atoms with van der Waals surface area (Å²) >= 11 is 0. The maximum Gasteiger partial charge on any atom is 0.181 e. The normalized spacial score (nSPS) is 15.3. The Morgan fingerprint density at radius 2 is 2.18 bits per heavy atom. The van der Waals surface area contributed by atoms with E-state index in [0.29, 0.717) is 36.3 Å². The zero-order valence-electron chi connectivity index (χ0n) is 18.8. The molecule has 0 unspecified atom stereocenters. The van der Waals surface area contributed by atoms with Gasteiger partial charge in [0, 0.05) is 42.4 Å². The molecule has 0 bridgehead atoms. The second kappa shape index (κ2) is 9.87. The van der Waals surface area contributed by atoms with Crippen molar-refractivity contribution in [3.63, 3.8) is 0 Å². The smallest absolute Gasteiger partial charge is 0.181 e. The predicted molar refractivity (Wildman–Crippen MR) is 128 cm³/mol. The van der Waals surface area contributed by atoms with Gasteiger partial charge in [-0.3, -0.25) is 5.10 Å². The zero-order chi connectivity index (χ0) is 24.2. The lowest BCUT2D eigenvalue weighted by molar-refractivity contribution is 0.0468. The van der Waals surface area contributed by atoms with Crippen LogP contribution in [0.2, 0.25) is 0 Å². The average Bonchev–Trinajstić information content (AvgIpc) is 3.40. The number of β-amino-alcohol motifs (C(OH)–C–C–N with tert-alkyl or cyclic N) is 1. The van der Waals surface area contributed by atoms with Gasteiger partial charge in [-0.25, -0.2) is 18.8 Å². The molecular formula is C23H25F2N7O2. The molecule has 1 saturated heterocycles.